The predicted molar refractivity (Wildman–Crippen MR) is 73.6 cm³/mol. The van der Waals surface area contributed by atoms with Gasteiger partial charge in [-0.25, -0.2) is 4.98 Å². The van der Waals surface area contributed by atoms with E-state index in [9.17, 15) is 4.79 Å². The first-order valence-corrected chi connectivity index (χ1v) is 6.79. The van der Waals surface area contributed by atoms with Gasteiger partial charge in [0.05, 0.1) is 6.54 Å². The third-order valence-corrected chi connectivity index (χ3v) is 3.65. The Morgan fingerprint density at radius 2 is 2.37 bits per heavy atom. The van der Waals surface area contributed by atoms with Crippen molar-refractivity contribution in [2.24, 2.45) is 0 Å². The fourth-order valence-electron chi connectivity index (χ4n) is 2.61. The molecule has 1 aliphatic rings. The van der Waals surface area contributed by atoms with Gasteiger partial charge in [-0.1, -0.05) is 0 Å². The lowest BCUT2D eigenvalue weighted by Gasteiger charge is -2.42. The van der Waals surface area contributed by atoms with Gasteiger partial charge >= 0.3 is 0 Å². The van der Waals surface area contributed by atoms with Gasteiger partial charge in [0.15, 0.2) is 0 Å². The van der Waals surface area contributed by atoms with Crippen LogP contribution < -0.4 is 5.32 Å². The van der Waals surface area contributed by atoms with Crippen LogP contribution in [-0.4, -0.2) is 64.4 Å². The lowest BCUT2D eigenvalue weighted by Crippen LogP contribution is -2.60. The smallest absolute Gasteiger partial charge is 0.238 e. The number of aromatic nitrogens is 2. The van der Waals surface area contributed by atoms with Crippen molar-refractivity contribution in [2.45, 2.75) is 32.5 Å². The van der Waals surface area contributed by atoms with Crippen LogP contribution in [-0.2, 0) is 11.3 Å². The van der Waals surface area contributed by atoms with E-state index in [1.54, 1.807) is 13.2 Å². The summed E-state index contributed by atoms with van der Waals surface area (Å²) in [6.07, 6.45) is 3.59. The van der Waals surface area contributed by atoms with Crippen molar-refractivity contribution >= 4 is 5.91 Å². The van der Waals surface area contributed by atoms with Crippen molar-refractivity contribution in [1.82, 2.24) is 25.1 Å². The minimum atomic E-state index is -0.0753. The number of amides is 1. The number of hydrogen-bond acceptors (Lipinski definition) is 4. The summed E-state index contributed by atoms with van der Waals surface area (Å²) in [5.74, 6) is 1.05. The van der Waals surface area contributed by atoms with E-state index in [-0.39, 0.29) is 11.9 Å². The van der Waals surface area contributed by atoms with E-state index in [1.165, 1.54) is 0 Å². The molecule has 1 aliphatic heterocycles. The summed E-state index contributed by atoms with van der Waals surface area (Å²) in [6, 6.07) is 0.307. The number of imidazole rings is 1. The quantitative estimate of drug-likeness (QED) is 0.807. The summed E-state index contributed by atoms with van der Waals surface area (Å²) in [5.41, 5.74) is 0. The zero-order valence-corrected chi connectivity index (χ0v) is 11.9. The fourth-order valence-corrected chi connectivity index (χ4v) is 2.61. The van der Waals surface area contributed by atoms with Gasteiger partial charge in [0, 0.05) is 45.1 Å². The van der Waals surface area contributed by atoms with Gasteiger partial charge in [0.1, 0.15) is 11.9 Å². The summed E-state index contributed by atoms with van der Waals surface area (Å²) < 4.78 is 0. The normalized spacial score (nSPS) is 21.8. The van der Waals surface area contributed by atoms with Crippen LogP contribution in [0.15, 0.2) is 12.4 Å². The van der Waals surface area contributed by atoms with Gasteiger partial charge in [-0.3, -0.25) is 14.6 Å². The van der Waals surface area contributed by atoms with Crippen LogP contribution in [0.2, 0.25) is 0 Å². The molecule has 1 saturated heterocycles. The van der Waals surface area contributed by atoms with E-state index in [2.05, 4.69) is 38.9 Å². The number of nitrogens with zero attached hydrogens (tertiary/aromatic N) is 3. The Balaban J connectivity index is 2.01. The highest BCUT2D eigenvalue weighted by molar-refractivity contribution is 5.81. The molecule has 1 amide bonds. The number of likely N-dealkylation sites (N-methyl/N-ethyl adjacent to an activating group) is 1. The molecule has 2 heterocycles. The highest BCUT2D eigenvalue weighted by Crippen LogP contribution is 2.15. The zero-order chi connectivity index (χ0) is 13.8. The standard InChI is InChI=1S/C13H23N5O/c1-10(2)18-7-6-17(8-11(18)13(19)14-3)9-12-15-4-5-16-12/h4-5,10-11H,6-9H2,1-3H3,(H,14,19)(H,15,16)/t11-/m0/s1. The second kappa shape index (κ2) is 6.16. The van der Waals surface area contributed by atoms with Gasteiger partial charge in [0.25, 0.3) is 0 Å². The molecule has 106 valence electrons. The van der Waals surface area contributed by atoms with Crippen LogP contribution in [0.25, 0.3) is 0 Å². The Morgan fingerprint density at radius 3 is 2.95 bits per heavy atom. The first-order chi connectivity index (χ1) is 9.11. The largest absolute Gasteiger partial charge is 0.358 e. The Kier molecular flexibility index (Phi) is 4.55. The van der Waals surface area contributed by atoms with Crippen molar-refractivity contribution in [3.8, 4) is 0 Å². The SMILES string of the molecule is CNC(=O)[C@@H]1CN(Cc2ncc[nH]2)CCN1C(C)C. The molecule has 0 saturated carbocycles. The number of rotatable bonds is 4. The van der Waals surface area contributed by atoms with E-state index >= 15 is 0 Å². The third kappa shape index (κ3) is 3.33. The molecule has 2 N–H and O–H groups in total. The summed E-state index contributed by atoms with van der Waals surface area (Å²) in [4.78, 5) is 23.9. The molecule has 0 radical (unpaired) electrons. The van der Waals surface area contributed by atoms with Crippen LogP contribution >= 0.6 is 0 Å². The number of hydrogen-bond donors (Lipinski definition) is 2. The van der Waals surface area contributed by atoms with Crippen LogP contribution in [0, 0.1) is 0 Å². The van der Waals surface area contributed by atoms with Crippen LogP contribution in [0.4, 0.5) is 0 Å². The van der Waals surface area contributed by atoms with Crippen LogP contribution in [0.1, 0.15) is 19.7 Å². The van der Waals surface area contributed by atoms with Gasteiger partial charge in [-0.05, 0) is 13.8 Å². The van der Waals surface area contributed by atoms with Gasteiger partial charge < -0.3 is 10.3 Å². The van der Waals surface area contributed by atoms with Crippen molar-refractivity contribution in [3.63, 3.8) is 0 Å². The molecule has 19 heavy (non-hydrogen) atoms. The van der Waals surface area contributed by atoms with E-state index < -0.39 is 0 Å². The van der Waals surface area contributed by atoms with E-state index in [4.69, 9.17) is 0 Å². The summed E-state index contributed by atoms with van der Waals surface area (Å²) in [6.45, 7) is 7.67. The fraction of sp³-hybridized carbons (Fsp3) is 0.692. The average molecular weight is 265 g/mol. The van der Waals surface area contributed by atoms with Crippen molar-refractivity contribution in [3.05, 3.63) is 18.2 Å². The minimum Gasteiger partial charge on any atom is -0.358 e. The summed E-state index contributed by atoms with van der Waals surface area (Å²) >= 11 is 0. The molecule has 2 rings (SSSR count). The first-order valence-electron chi connectivity index (χ1n) is 6.79. The molecule has 1 atom stereocenters. The number of carbonyl (C=O) groups is 1. The first kappa shape index (κ1) is 14.0. The molecule has 0 aromatic carbocycles. The minimum absolute atomic E-state index is 0.0753. The molecule has 0 spiro atoms. The van der Waals surface area contributed by atoms with E-state index in [0.29, 0.717) is 6.04 Å². The van der Waals surface area contributed by atoms with E-state index in [0.717, 1.165) is 32.0 Å². The molecule has 1 fully saturated rings. The molecule has 6 nitrogen and oxygen atoms in total. The van der Waals surface area contributed by atoms with Gasteiger partial charge in [-0.2, -0.15) is 0 Å². The predicted octanol–water partition coefficient (Wildman–Crippen LogP) is 0.0503. The third-order valence-electron chi connectivity index (χ3n) is 3.65. The molecular formula is C13H23N5O. The lowest BCUT2D eigenvalue weighted by atomic mass is 10.1. The Hall–Kier alpha value is -1.40. The Bertz CT molecular complexity index is 403. The van der Waals surface area contributed by atoms with E-state index in [1.807, 2.05) is 6.20 Å². The molecule has 1 aromatic heterocycles. The zero-order valence-electron chi connectivity index (χ0n) is 11.9. The van der Waals surface area contributed by atoms with Crippen LogP contribution in [0.5, 0.6) is 0 Å². The molecular weight excluding hydrogens is 242 g/mol. The maximum atomic E-state index is 12.0. The molecule has 0 unspecified atom stereocenters. The second-order valence-electron chi connectivity index (χ2n) is 5.23. The number of H-pyrrole nitrogens is 1. The van der Waals surface area contributed by atoms with Gasteiger partial charge in [-0.15, -0.1) is 0 Å². The summed E-state index contributed by atoms with van der Waals surface area (Å²) in [7, 11) is 1.70. The highest BCUT2D eigenvalue weighted by Gasteiger charge is 2.33. The lowest BCUT2D eigenvalue weighted by molar-refractivity contribution is -0.129. The van der Waals surface area contributed by atoms with Crippen molar-refractivity contribution in [1.29, 1.82) is 0 Å². The number of piperazine rings is 1. The van der Waals surface area contributed by atoms with Gasteiger partial charge in [0.2, 0.25) is 5.91 Å². The molecule has 1 aromatic rings. The second-order valence-corrected chi connectivity index (χ2v) is 5.23. The molecule has 0 bridgehead atoms. The average Bonchev–Trinajstić information content (AvgIpc) is 2.90. The number of nitrogens with one attached hydrogen (secondary N) is 2. The number of carbonyl (C=O) groups excluding carboxylic acids is 1. The van der Waals surface area contributed by atoms with Crippen molar-refractivity contribution < 1.29 is 4.79 Å². The Labute approximate surface area is 114 Å². The summed E-state index contributed by atoms with van der Waals surface area (Å²) in [5, 5.41) is 2.77. The maximum absolute atomic E-state index is 12.0. The monoisotopic (exact) mass is 265 g/mol. The van der Waals surface area contributed by atoms with Crippen LogP contribution in [0.3, 0.4) is 0 Å². The molecule has 0 aliphatic carbocycles. The topological polar surface area (TPSA) is 64.3 Å². The Morgan fingerprint density at radius 1 is 1.58 bits per heavy atom. The maximum Gasteiger partial charge on any atom is 0.238 e. The molecule has 6 heteroatoms. The highest BCUT2D eigenvalue weighted by atomic mass is 16.2. The number of aromatic amines is 1. The van der Waals surface area contributed by atoms with Crippen molar-refractivity contribution in [2.75, 3.05) is 26.7 Å².